The maximum Gasteiger partial charge on any atom is 0.247 e. The van der Waals surface area contributed by atoms with Crippen molar-refractivity contribution in [1.29, 1.82) is 0 Å². The van der Waals surface area contributed by atoms with E-state index in [1.165, 1.54) is 5.56 Å². The van der Waals surface area contributed by atoms with E-state index in [1.807, 2.05) is 23.1 Å². The highest BCUT2D eigenvalue weighted by molar-refractivity contribution is 5.62. The number of nitrogens with two attached hydrogens (primary N) is 1. The van der Waals surface area contributed by atoms with Gasteiger partial charge in [-0.3, -0.25) is 0 Å². The van der Waals surface area contributed by atoms with Crippen LogP contribution in [0, 0.1) is 0 Å². The Hall–Kier alpha value is -1.32. The van der Waals surface area contributed by atoms with Gasteiger partial charge in [-0.15, -0.1) is 0 Å². The number of rotatable bonds is 3. The van der Waals surface area contributed by atoms with Crippen molar-refractivity contribution in [3.63, 3.8) is 0 Å². The molecule has 0 atom stereocenters. The van der Waals surface area contributed by atoms with Crippen LogP contribution in [0.3, 0.4) is 0 Å². The van der Waals surface area contributed by atoms with Crippen LogP contribution in [0.2, 0.25) is 0 Å². The Kier molecular flexibility index (Phi) is 2.74. The van der Waals surface area contributed by atoms with Crippen LogP contribution >= 0.6 is 0 Å². The average molecular weight is 226 g/mol. The fourth-order valence-corrected chi connectivity index (χ4v) is 2.05. The van der Waals surface area contributed by atoms with Gasteiger partial charge in [-0.2, -0.15) is 0 Å². The molecule has 0 saturated heterocycles. The molecular formula is C12H16F2N2. The Morgan fingerprint density at radius 3 is 2.88 bits per heavy atom. The van der Waals surface area contributed by atoms with Crippen LogP contribution in [0.15, 0.2) is 18.2 Å². The first-order valence-corrected chi connectivity index (χ1v) is 5.47. The molecule has 0 aliphatic carbocycles. The predicted molar refractivity (Wildman–Crippen MR) is 62.0 cm³/mol. The standard InChI is InChI=1S/C12H16F2N2/c1-12(13,14)5-7-16-6-4-9-8-10(15)2-3-11(9)16/h2-3,8H,4-7,15H2,1H3. The summed E-state index contributed by atoms with van der Waals surface area (Å²) in [4.78, 5) is 2.01. The molecule has 2 nitrogen and oxygen atoms in total. The monoisotopic (exact) mass is 226 g/mol. The van der Waals surface area contributed by atoms with Crippen LogP contribution in [-0.2, 0) is 6.42 Å². The van der Waals surface area contributed by atoms with Crippen LogP contribution < -0.4 is 10.6 Å². The lowest BCUT2D eigenvalue weighted by molar-refractivity contribution is 0.0152. The van der Waals surface area contributed by atoms with E-state index in [1.54, 1.807) is 0 Å². The van der Waals surface area contributed by atoms with Crippen molar-refractivity contribution >= 4 is 11.4 Å². The van der Waals surface area contributed by atoms with Gasteiger partial charge < -0.3 is 10.6 Å². The molecule has 0 fully saturated rings. The lowest BCUT2D eigenvalue weighted by atomic mass is 10.1. The minimum Gasteiger partial charge on any atom is -0.399 e. The highest BCUT2D eigenvalue weighted by Gasteiger charge is 2.25. The fraction of sp³-hybridized carbons (Fsp3) is 0.500. The van der Waals surface area contributed by atoms with Gasteiger partial charge in [0.1, 0.15) is 0 Å². The summed E-state index contributed by atoms with van der Waals surface area (Å²) >= 11 is 0. The van der Waals surface area contributed by atoms with Crippen molar-refractivity contribution < 1.29 is 8.78 Å². The molecule has 0 bridgehead atoms. The number of fused-ring (bicyclic) bond motifs is 1. The maximum absolute atomic E-state index is 12.8. The Labute approximate surface area is 94.0 Å². The maximum atomic E-state index is 12.8. The number of benzene rings is 1. The quantitative estimate of drug-likeness (QED) is 0.803. The van der Waals surface area contributed by atoms with E-state index in [9.17, 15) is 8.78 Å². The van der Waals surface area contributed by atoms with Crippen molar-refractivity contribution in [2.45, 2.75) is 25.7 Å². The molecule has 0 saturated carbocycles. The molecule has 2 N–H and O–H groups in total. The molecule has 0 amide bonds. The van der Waals surface area contributed by atoms with Gasteiger partial charge in [-0.05, 0) is 37.1 Å². The highest BCUT2D eigenvalue weighted by Crippen LogP contribution is 2.30. The minimum absolute atomic E-state index is 0.100. The minimum atomic E-state index is -2.59. The lowest BCUT2D eigenvalue weighted by Crippen LogP contribution is -2.26. The van der Waals surface area contributed by atoms with Crippen molar-refractivity contribution in [3.05, 3.63) is 23.8 Å². The first kappa shape index (κ1) is 11.2. The molecule has 16 heavy (non-hydrogen) atoms. The van der Waals surface area contributed by atoms with E-state index in [2.05, 4.69) is 0 Å². The third-order valence-electron chi connectivity index (χ3n) is 2.92. The Morgan fingerprint density at radius 1 is 1.44 bits per heavy atom. The van der Waals surface area contributed by atoms with E-state index in [0.717, 1.165) is 31.3 Å². The summed E-state index contributed by atoms with van der Waals surface area (Å²) < 4.78 is 25.5. The number of anilines is 2. The van der Waals surface area contributed by atoms with Gasteiger partial charge in [0, 0.05) is 30.9 Å². The number of alkyl halides is 2. The largest absolute Gasteiger partial charge is 0.399 e. The summed E-state index contributed by atoms with van der Waals surface area (Å²) in [6.07, 6.45) is 0.798. The molecule has 2 rings (SSSR count). The zero-order chi connectivity index (χ0) is 11.8. The molecule has 1 heterocycles. The highest BCUT2D eigenvalue weighted by atomic mass is 19.3. The summed E-state index contributed by atoms with van der Waals surface area (Å²) in [7, 11) is 0. The second-order valence-electron chi connectivity index (χ2n) is 4.45. The van der Waals surface area contributed by atoms with Gasteiger partial charge in [0.25, 0.3) is 0 Å². The van der Waals surface area contributed by atoms with Gasteiger partial charge in [-0.25, -0.2) is 8.78 Å². The molecule has 1 aliphatic heterocycles. The number of halogens is 2. The van der Waals surface area contributed by atoms with E-state index in [0.29, 0.717) is 6.54 Å². The van der Waals surface area contributed by atoms with Crippen LogP contribution in [0.1, 0.15) is 18.9 Å². The van der Waals surface area contributed by atoms with E-state index in [-0.39, 0.29) is 6.42 Å². The van der Waals surface area contributed by atoms with Crippen LogP contribution in [0.25, 0.3) is 0 Å². The Bertz CT molecular complexity index is 385. The zero-order valence-corrected chi connectivity index (χ0v) is 9.34. The molecule has 0 unspecified atom stereocenters. The van der Waals surface area contributed by atoms with Gasteiger partial charge in [-0.1, -0.05) is 0 Å². The SMILES string of the molecule is CC(F)(F)CCN1CCc2cc(N)ccc21. The normalized spacial score (nSPS) is 15.3. The van der Waals surface area contributed by atoms with E-state index < -0.39 is 5.92 Å². The van der Waals surface area contributed by atoms with Crippen molar-refractivity contribution in [2.75, 3.05) is 23.7 Å². The third kappa shape index (κ3) is 2.43. The molecule has 0 aromatic heterocycles. The molecule has 1 aromatic rings. The lowest BCUT2D eigenvalue weighted by Gasteiger charge is -2.21. The molecule has 1 aromatic carbocycles. The molecular weight excluding hydrogens is 210 g/mol. The van der Waals surface area contributed by atoms with Gasteiger partial charge in [0.05, 0.1) is 0 Å². The van der Waals surface area contributed by atoms with Gasteiger partial charge >= 0.3 is 0 Å². The number of hydrogen-bond acceptors (Lipinski definition) is 2. The average Bonchev–Trinajstić information content (AvgIpc) is 2.56. The molecule has 0 radical (unpaired) electrons. The van der Waals surface area contributed by atoms with Gasteiger partial charge in [0.2, 0.25) is 5.92 Å². The Balaban J connectivity index is 2.06. The van der Waals surface area contributed by atoms with Gasteiger partial charge in [0.15, 0.2) is 0 Å². The van der Waals surface area contributed by atoms with E-state index >= 15 is 0 Å². The summed E-state index contributed by atoms with van der Waals surface area (Å²) in [6, 6.07) is 5.67. The second-order valence-corrected chi connectivity index (χ2v) is 4.45. The fourth-order valence-electron chi connectivity index (χ4n) is 2.05. The smallest absolute Gasteiger partial charge is 0.247 e. The Morgan fingerprint density at radius 2 is 2.19 bits per heavy atom. The summed E-state index contributed by atoms with van der Waals surface area (Å²) in [6.45, 7) is 2.18. The van der Waals surface area contributed by atoms with Crippen molar-refractivity contribution in [2.24, 2.45) is 0 Å². The third-order valence-corrected chi connectivity index (χ3v) is 2.92. The summed E-state index contributed by atoms with van der Waals surface area (Å²) in [5, 5.41) is 0. The molecule has 88 valence electrons. The zero-order valence-electron chi connectivity index (χ0n) is 9.34. The van der Waals surface area contributed by atoms with Crippen molar-refractivity contribution in [1.82, 2.24) is 0 Å². The number of hydrogen-bond donors (Lipinski definition) is 1. The number of nitrogen functional groups attached to an aromatic ring is 1. The summed E-state index contributed by atoms with van der Waals surface area (Å²) in [5.41, 5.74) is 8.64. The van der Waals surface area contributed by atoms with Crippen LogP contribution in [-0.4, -0.2) is 19.0 Å². The van der Waals surface area contributed by atoms with Crippen LogP contribution in [0.5, 0.6) is 0 Å². The number of nitrogens with zero attached hydrogens (tertiary/aromatic N) is 1. The second kappa shape index (κ2) is 3.92. The first-order chi connectivity index (χ1) is 7.46. The molecule has 1 aliphatic rings. The molecule has 0 spiro atoms. The van der Waals surface area contributed by atoms with E-state index in [4.69, 9.17) is 5.73 Å². The predicted octanol–water partition coefficient (Wildman–Crippen LogP) is 2.68. The topological polar surface area (TPSA) is 29.3 Å². The first-order valence-electron chi connectivity index (χ1n) is 5.47. The summed E-state index contributed by atoms with van der Waals surface area (Å²) in [5.74, 6) is -2.59. The van der Waals surface area contributed by atoms with Crippen molar-refractivity contribution in [3.8, 4) is 0 Å². The molecule has 4 heteroatoms. The van der Waals surface area contributed by atoms with Crippen LogP contribution in [0.4, 0.5) is 20.2 Å².